The van der Waals surface area contributed by atoms with Crippen LogP contribution in [0.5, 0.6) is 0 Å². The monoisotopic (exact) mass is 447 g/mol. The van der Waals surface area contributed by atoms with Gasteiger partial charge in [-0.25, -0.2) is 4.90 Å². The van der Waals surface area contributed by atoms with Crippen molar-refractivity contribution in [2.24, 2.45) is 16.9 Å². The number of imide groups is 1. The van der Waals surface area contributed by atoms with Crippen LogP contribution >= 0.6 is 0 Å². The van der Waals surface area contributed by atoms with Gasteiger partial charge in [0.25, 0.3) is 0 Å². The van der Waals surface area contributed by atoms with Gasteiger partial charge in [-0.3, -0.25) is 19.4 Å². The van der Waals surface area contributed by atoms with E-state index in [0.717, 1.165) is 11.1 Å². The van der Waals surface area contributed by atoms with Crippen molar-refractivity contribution in [3.05, 3.63) is 103 Å². The molecular weight excluding hydrogens is 426 g/mol. The minimum Gasteiger partial charge on any atom is -0.292 e. The first-order chi connectivity index (χ1) is 16.6. The summed E-state index contributed by atoms with van der Waals surface area (Å²) in [5, 5.41) is 6.05. The van der Waals surface area contributed by atoms with Crippen molar-refractivity contribution >= 4 is 29.5 Å². The second-order valence-corrected chi connectivity index (χ2v) is 8.67. The number of hydrazone groups is 1. The summed E-state index contributed by atoms with van der Waals surface area (Å²) in [6, 6.07) is 24.9. The average Bonchev–Trinajstić information content (AvgIpc) is 3.37. The number of carbonyl (C=O) groups is 3. The molecule has 0 saturated carbocycles. The molecule has 0 spiro atoms. The van der Waals surface area contributed by atoms with Gasteiger partial charge in [0.15, 0.2) is 5.78 Å². The fraction of sp³-hybridized carbons (Fsp3) is 0.143. The van der Waals surface area contributed by atoms with Gasteiger partial charge < -0.3 is 0 Å². The number of rotatable bonds is 4. The highest BCUT2D eigenvalue weighted by Gasteiger charge is 2.64. The number of fused-ring (bicyclic) bond motifs is 3. The van der Waals surface area contributed by atoms with Gasteiger partial charge in [-0.15, -0.1) is 0 Å². The number of allylic oxidation sites excluding steroid dienone is 1. The Morgan fingerprint density at radius 3 is 2.06 bits per heavy atom. The molecule has 0 radical (unpaired) electrons. The molecule has 3 aliphatic rings. The fourth-order valence-electron chi connectivity index (χ4n) is 5.30. The summed E-state index contributed by atoms with van der Waals surface area (Å²) in [6.45, 7) is 0. The molecule has 6 nitrogen and oxygen atoms in total. The molecule has 6 rings (SSSR count). The Morgan fingerprint density at radius 2 is 1.35 bits per heavy atom. The molecule has 0 N–H and O–H groups in total. The Labute approximate surface area is 196 Å². The minimum absolute atomic E-state index is 0.208. The van der Waals surface area contributed by atoms with E-state index in [2.05, 4.69) is 5.10 Å². The van der Waals surface area contributed by atoms with E-state index in [0.29, 0.717) is 11.3 Å². The number of hydrogen-bond donors (Lipinski definition) is 0. The summed E-state index contributed by atoms with van der Waals surface area (Å²) < 4.78 is 0. The summed E-state index contributed by atoms with van der Waals surface area (Å²) >= 11 is 0. The van der Waals surface area contributed by atoms with Crippen LogP contribution in [0, 0.1) is 11.8 Å². The zero-order valence-electron chi connectivity index (χ0n) is 18.2. The molecule has 3 aromatic rings. The Hall–Kier alpha value is -4.32. The van der Waals surface area contributed by atoms with E-state index in [-0.39, 0.29) is 17.6 Å². The third-order valence-corrected chi connectivity index (χ3v) is 6.85. The van der Waals surface area contributed by atoms with Gasteiger partial charge in [-0.05, 0) is 29.3 Å². The summed E-state index contributed by atoms with van der Waals surface area (Å²) in [5.74, 6) is -2.29. The molecule has 34 heavy (non-hydrogen) atoms. The van der Waals surface area contributed by atoms with Crippen molar-refractivity contribution in [2.75, 3.05) is 4.90 Å². The van der Waals surface area contributed by atoms with Crippen LogP contribution in [-0.2, 0) is 9.59 Å². The predicted molar refractivity (Wildman–Crippen MR) is 129 cm³/mol. The van der Waals surface area contributed by atoms with E-state index in [1.807, 2.05) is 54.6 Å². The number of benzene rings is 3. The fourth-order valence-corrected chi connectivity index (χ4v) is 5.30. The summed E-state index contributed by atoms with van der Waals surface area (Å²) in [5.41, 5.74) is 3.08. The standard InChI is InChI=1S/C28H21N3O3/c32-26(20-15-13-19(14-16-20)18-8-3-1-4-9-18)25-24-23(22-12-7-17-29-31(22)25)27(33)30(28(24)34)21-10-5-2-6-11-21/h1-17,22-25H. The van der Waals surface area contributed by atoms with Gasteiger partial charge in [-0.2, -0.15) is 5.10 Å². The van der Waals surface area contributed by atoms with Gasteiger partial charge in [0.1, 0.15) is 6.04 Å². The maximum absolute atomic E-state index is 13.8. The van der Waals surface area contributed by atoms with Crippen LogP contribution in [0.4, 0.5) is 5.69 Å². The third-order valence-electron chi connectivity index (χ3n) is 6.85. The first-order valence-corrected chi connectivity index (χ1v) is 11.3. The Bertz CT molecular complexity index is 1330. The van der Waals surface area contributed by atoms with Crippen molar-refractivity contribution in [3.8, 4) is 11.1 Å². The molecule has 166 valence electrons. The normalized spacial score (nSPS) is 24.9. The molecule has 3 heterocycles. The van der Waals surface area contributed by atoms with Crippen molar-refractivity contribution in [3.63, 3.8) is 0 Å². The van der Waals surface area contributed by atoms with E-state index in [4.69, 9.17) is 0 Å². The molecule has 2 fully saturated rings. The first-order valence-electron chi connectivity index (χ1n) is 11.3. The molecule has 3 aromatic carbocycles. The molecule has 0 aliphatic carbocycles. The van der Waals surface area contributed by atoms with E-state index in [1.54, 1.807) is 53.7 Å². The molecule has 3 aliphatic heterocycles. The molecule has 4 atom stereocenters. The maximum Gasteiger partial charge on any atom is 0.240 e. The highest BCUT2D eigenvalue weighted by Crippen LogP contribution is 2.46. The minimum atomic E-state index is -0.844. The summed E-state index contributed by atoms with van der Waals surface area (Å²) in [6.07, 6.45) is 5.22. The van der Waals surface area contributed by atoms with Crippen LogP contribution in [0.2, 0.25) is 0 Å². The van der Waals surface area contributed by atoms with Gasteiger partial charge in [0.05, 0.1) is 23.6 Å². The SMILES string of the molecule is O=C(c1ccc(-c2ccccc2)cc1)C1C2C(=O)N(c3ccccc3)C(=O)C2C2C=CC=NN21. The number of anilines is 1. The number of amides is 2. The topological polar surface area (TPSA) is 70.0 Å². The lowest BCUT2D eigenvalue weighted by Crippen LogP contribution is -2.46. The molecule has 0 bridgehead atoms. The highest BCUT2D eigenvalue weighted by molar-refractivity contribution is 6.24. The number of hydrogen-bond acceptors (Lipinski definition) is 5. The third kappa shape index (κ3) is 3.03. The predicted octanol–water partition coefficient (Wildman–Crippen LogP) is 3.95. The van der Waals surface area contributed by atoms with E-state index in [9.17, 15) is 14.4 Å². The van der Waals surface area contributed by atoms with Crippen LogP contribution in [0.3, 0.4) is 0 Å². The Balaban J connectivity index is 1.37. The average molecular weight is 447 g/mol. The van der Waals surface area contributed by atoms with Gasteiger partial charge in [-0.1, -0.05) is 78.9 Å². The molecule has 2 saturated heterocycles. The first kappa shape index (κ1) is 20.3. The van der Waals surface area contributed by atoms with E-state index >= 15 is 0 Å². The molecule has 2 amide bonds. The molecule has 4 unspecified atom stereocenters. The second kappa shape index (κ2) is 7.92. The quantitative estimate of drug-likeness (QED) is 0.449. The van der Waals surface area contributed by atoms with Crippen molar-refractivity contribution < 1.29 is 14.4 Å². The number of nitrogens with zero attached hydrogens (tertiary/aromatic N) is 3. The van der Waals surface area contributed by atoms with Crippen LogP contribution < -0.4 is 4.90 Å². The van der Waals surface area contributed by atoms with Crippen LogP contribution in [-0.4, -0.2) is 40.9 Å². The zero-order chi connectivity index (χ0) is 23.2. The van der Waals surface area contributed by atoms with Crippen molar-refractivity contribution in [1.29, 1.82) is 0 Å². The van der Waals surface area contributed by atoms with Crippen molar-refractivity contribution in [2.45, 2.75) is 12.1 Å². The largest absolute Gasteiger partial charge is 0.292 e. The van der Waals surface area contributed by atoms with E-state index < -0.39 is 23.9 Å². The summed E-state index contributed by atoms with van der Waals surface area (Å²) in [7, 11) is 0. The van der Waals surface area contributed by atoms with Crippen LogP contribution in [0.25, 0.3) is 11.1 Å². The lowest BCUT2D eigenvalue weighted by Gasteiger charge is -2.30. The lowest BCUT2D eigenvalue weighted by atomic mass is 9.86. The number of carbonyl (C=O) groups excluding carboxylic acids is 3. The second-order valence-electron chi connectivity index (χ2n) is 8.67. The number of ketones is 1. The highest BCUT2D eigenvalue weighted by atomic mass is 16.2. The Kier molecular flexibility index (Phi) is 4.73. The number of Topliss-reactive ketones (excluding diaryl/α,β-unsaturated/α-hetero) is 1. The Morgan fingerprint density at radius 1 is 0.735 bits per heavy atom. The smallest absolute Gasteiger partial charge is 0.240 e. The maximum atomic E-state index is 13.8. The van der Waals surface area contributed by atoms with E-state index in [1.165, 1.54) is 4.90 Å². The molecule has 0 aromatic heterocycles. The molecular formula is C28H21N3O3. The van der Waals surface area contributed by atoms with Crippen LogP contribution in [0.1, 0.15) is 10.4 Å². The van der Waals surface area contributed by atoms with Gasteiger partial charge in [0.2, 0.25) is 11.8 Å². The lowest BCUT2D eigenvalue weighted by molar-refractivity contribution is -0.123. The molecule has 6 heteroatoms. The van der Waals surface area contributed by atoms with Crippen molar-refractivity contribution in [1.82, 2.24) is 5.01 Å². The van der Waals surface area contributed by atoms with Gasteiger partial charge >= 0.3 is 0 Å². The summed E-state index contributed by atoms with van der Waals surface area (Å²) in [4.78, 5) is 42.0. The van der Waals surface area contributed by atoms with Crippen LogP contribution in [0.15, 0.2) is 102 Å². The number of para-hydroxylation sites is 1. The zero-order valence-corrected chi connectivity index (χ0v) is 18.2. The van der Waals surface area contributed by atoms with Gasteiger partial charge in [0, 0.05) is 11.8 Å².